The van der Waals surface area contributed by atoms with E-state index in [0.717, 1.165) is 42.6 Å². The van der Waals surface area contributed by atoms with Gasteiger partial charge in [0.15, 0.2) is 0 Å². The largest absolute Gasteiger partial charge is 0.489 e. The number of aromatic nitrogens is 2. The molecule has 1 aromatic heterocycles. The number of imide groups is 1. The summed E-state index contributed by atoms with van der Waals surface area (Å²) in [6.45, 7) is 1.03. The van der Waals surface area contributed by atoms with Crippen molar-refractivity contribution < 1.29 is 19.1 Å². The van der Waals surface area contributed by atoms with Gasteiger partial charge in [0.05, 0.1) is 0 Å². The molecule has 9 heteroatoms. The summed E-state index contributed by atoms with van der Waals surface area (Å²) in [7, 11) is 0. The van der Waals surface area contributed by atoms with Gasteiger partial charge in [-0.3, -0.25) is 19.7 Å². The minimum absolute atomic E-state index is 0.0322. The van der Waals surface area contributed by atoms with Crippen molar-refractivity contribution in [1.82, 2.24) is 25.5 Å². The van der Waals surface area contributed by atoms with Gasteiger partial charge in [-0.05, 0) is 49.4 Å². The summed E-state index contributed by atoms with van der Waals surface area (Å²) >= 11 is 0. The molecule has 9 nitrogen and oxygen atoms in total. The fourth-order valence-corrected chi connectivity index (χ4v) is 4.94. The molecule has 1 saturated carbocycles. The van der Waals surface area contributed by atoms with Crippen LogP contribution in [0.5, 0.6) is 5.75 Å². The molecule has 5 rings (SSSR count). The highest BCUT2D eigenvalue weighted by Crippen LogP contribution is 2.32. The fraction of sp³-hybridized carbons (Fsp3) is 0.458. The van der Waals surface area contributed by atoms with E-state index < -0.39 is 11.9 Å². The molecule has 1 aromatic carbocycles. The quantitative estimate of drug-likeness (QED) is 0.646. The number of nitrogens with one attached hydrogen (secondary N) is 2. The zero-order valence-corrected chi connectivity index (χ0v) is 18.3. The molecule has 33 heavy (non-hydrogen) atoms. The van der Waals surface area contributed by atoms with Crippen molar-refractivity contribution in [3.05, 3.63) is 53.6 Å². The van der Waals surface area contributed by atoms with Gasteiger partial charge in [-0.25, -0.2) is 9.97 Å². The van der Waals surface area contributed by atoms with Crippen LogP contribution in [0.1, 0.15) is 60.0 Å². The third kappa shape index (κ3) is 4.59. The van der Waals surface area contributed by atoms with Crippen LogP contribution >= 0.6 is 0 Å². The van der Waals surface area contributed by atoms with Crippen molar-refractivity contribution >= 4 is 17.7 Å². The first-order valence-electron chi connectivity index (χ1n) is 11.5. The van der Waals surface area contributed by atoms with Gasteiger partial charge >= 0.3 is 0 Å². The van der Waals surface area contributed by atoms with E-state index in [1.54, 1.807) is 11.0 Å². The Labute approximate surface area is 191 Å². The molecule has 3 aliphatic rings. The number of carbonyl (C=O) groups excluding carboxylic acids is 3. The van der Waals surface area contributed by atoms with Gasteiger partial charge in [-0.2, -0.15) is 0 Å². The van der Waals surface area contributed by atoms with Crippen LogP contribution in [0.2, 0.25) is 0 Å². The zero-order valence-electron chi connectivity index (χ0n) is 18.3. The number of piperidine rings is 1. The lowest BCUT2D eigenvalue weighted by Gasteiger charge is -2.32. The number of benzene rings is 1. The summed E-state index contributed by atoms with van der Waals surface area (Å²) in [6.07, 6.45) is 10.0. The molecule has 3 atom stereocenters. The van der Waals surface area contributed by atoms with Crippen molar-refractivity contribution in [1.29, 1.82) is 0 Å². The first-order valence-corrected chi connectivity index (χ1v) is 11.5. The molecule has 2 N–H and O–H groups in total. The lowest BCUT2D eigenvalue weighted by atomic mass is 9.92. The maximum atomic E-state index is 12.9. The van der Waals surface area contributed by atoms with E-state index in [2.05, 4.69) is 20.6 Å². The highest BCUT2D eigenvalue weighted by molar-refractivity contribution is 6.05. The molecule has 1 unspecified atom stereocenters. The number of carbonyl (C=O) groups is 3. The Morgan fingerprint density at radius 3 is 2.73 bits per heavy atom. The van der Waals surface area contributed by atoms with E-state index >= 15 is 0 Å². The second-order valence-corrected chi connectivity index (χ2v) is 8.89. The van der Waals surface area contributed by atoms with E-state index in [1.807, 2.05) is 24.5 Å². The van der Waals surface area contributed by atoms with E-state index in [9.17, 15) is 14.4 Å². The molecule has 3 amide bonds. The Morgan fingerprint density at radius 1 is 1.09 bits per heavy atom. The first-order chi connectivity index (χ1) is 16.1. The number of fused-ring (bicyclic) bond motifs is 1. The number of nitrogens with zero attached hydrogens (tertiary/aromatic N) is 3. The van der Waals surface area contributed by atoms with Gasteiger partial charge in [0, 0.05) is 49.1 Å². The summed E-state index contributed by atoms with van der Waals surface area (Å²) in [5.41, 5.74) is 2.48. The number of ether oxygens (including phenoxy) is 1. The summed E-state index contributed by atoms with van der Waals surface area (Å²) in [5.74, 6) is -0.128. The van der Waals surface area contributed by atoms with Gasteiger partial charge in [0.25, 0.3) is 5.91 Å². The molecule has 0 radical (unpaired) electrons. The zero-order chi connectivity index (χ0) is 22.8. The average Bonchev–Trinajstić information content (AvgIpc) is 3.14. The lowest BCUT2D eigenvalue weighted by Crippen LogP contribution is -2.52. The first kappa shape index (κ1) is 21.5. The Balaban J connectivity index is 1.25. The van der Waals surface area contributed by atoms with Gasteiger partial charge in [0.2, 0.25) is 11.8 Å². The molecule has 3 heterocycles. The Morgan fingerprint density at radius 2 is 1.91 bits per heavy atom. The molecule has 172 valence electrons. The maximum absolute atomic E-state index is 12.9. The fourth-order valence-electron chi connectivity index (χ4n) is 4.94. The molecule has 2 aromatic rings. The van der Waals surface area contributed by atoms with Gasteiger partial charge in [-0.15, -0.1) is 0 Å². The third-order valence-electron chi connectivity index (χ3n) is 6.67. The molecular weight excluding hydrogens is 422 g/mol. The number of rotatable bonds is 6. The van der Waals surface area contributed by atoms with Crippen LogP contribution in [0.25, 0.3) is 0 Å². The van der Waals surface area contributed by atoms with Crippen LogP contribution < -0.4 is 15.4 Å². The maximum Gasteiger partial charge on any atom is 0.255 e. The minimum atomic E-state index is -0.610. The lowest BCUT2D eigenvalue weighted by molar-refractivity contribution is -0.136. The molecular formula is C24H27N5O4. The minimum Gasteiger partial charge on any atom is -0.489 e. The monoisotopic (exact) mass is 449 g/mol. The Bertz CT molecular complexity index is 1060. The Hall–Kier alpha value is -3.33. The highest BCUT2D eigenvalue weighted by atomic mass is 16.5. The molecule has 2 fully saturated rings. The Kier molecular flexibility index (Phi) is 6.04. The molecule has 0 bridgehead atoms. The normalized spacial score (nSPS) is 25.0. The van der Waals surface area contributed by atoms with E-state index in [1.165, 1.54) is 6.33 Å². The summed E-state index contributed by atoms with van der Waals surface area (Å²) in [4.78, 5) is 46.3. The summed E-state index contributed by atoms with van der Waals surface area (Å²) < 4.78 is 6.39. The molecule has 1 saturated heterocycles. The van der Waals surface area contributed by atoms with E-state index in [0.29, 0.717) is 25.1 Å². The number of hydrogen-bond acceptors (Lipinski definition) is 7. The molecule has 1 aliphatic carbocycles. The van der Waals surface area contributed by atoms with Crippen molar-refractivity contribution in [3.8, 4) is 5.75 Å². The van der Waals surface area contributed by atoms with Crippen LogP contribution in [-0.4, -0.2) is 50.8 Å². The molecule has 0 spiro atoms. The predicted octanol–water partition coefficient (Wildman–Crippen LogP) is 1.72. The standard InChI is InChI=1S/C24H27N5O4/c30-22-8-7-20(23(31)28-22)29-13-16-9-17(5-6-18(16)24(29)32)33-21-4-2-1-3-19(21)27-12-15-10-25-14-26-11-15/h5-6,9-11,14,19-21,27H,1-4,7-8,12-13H2,(H,28,30,31)/t19-,20?,21+/m0/s1. The van der Waals surface area contributed by atoms with Gasteiger partial charge < -0.3 is 15.0 Å². The van der Waals surface area contributed by atoms with Gasteiger partial charge in [0.1, 0.15) is 24.2 Å². The second-order valence-electron chi connectivity index (χ2n) is 8.89. The predicted molar refractivity (Wildman–Crippen MR) is 118 cm³/mol. The van der Waals surface area contributed by atoms with Crippen molar-refractivity contribution in [2.24, 2.45) is 0 Å². The second kappa shape index (κ2) is 9.27. The molecule has 2 aliphatic heterocycles. The van der Waals surface area contributed by atoms with Crippen LogP contribution in [0.3, 0.4) is 0 Å². The highest BCUT2D eigenvalue weighted by Gasteiger charge is 2.39. The van der Waals surface area contributed by atoms with Crippen LogP contribution in [-0.2, 0) is 22.7 Å². The van der Waals surface area contributed by atoms with Crippen LogP contribution in [0.4, 0.5) is 0 Å². The third-order valence-corrected chi connectivity index (χ3v) is 6.67. The van der Waals surface area contributed by atoms with Crippen molar-refractivity contribution in [3.63, 3.8) is 0 Å². The topological polar surface area (TPSA) is 114 Å². The number of amides is 3. The van der Waals surface area contributed by atoms with Crippen LogP contribution in [0, 0.1) is 0 Å². The van der Waals surface area contributed by atoms with Gasteiger partial charge in [-0.1, -0.05) is 6.42 Å². The number of hydrogen-bond donors (Lipinski definition) is 2. The summed E-state index contributed by atoms with van der Waals surface area (Å²) in [5, 5.41) is 5.92. The van der Waals surface area contributed by atoms with Crippen LogP contribution in [0.15, 0.2) is 36.9 Å². The SMILES string of the molecule is O=C1CCC(N2Cc3cc(O[C@@H]4CCCC[C@@H]4NCc4cncnc4)ccc3C2=O)C(=O)N1. The average molecular weight is 450 g/mol. The van der Waals surface area contributed by atoms with E-state index in [4.69, 9.17) is 4.74 Å². The van der Waals surface area contributed by atoms with Crippen molar-refractivity contribution in [2.75, 3.05) is 0 Å². The van der Waals surface area contributed by atoms with E-state index in [-0.39, 0.29) is 30.4 Å². The van der Waals surface area contributed by atoms with Crippen molar-refractivity contribution in [2.45, 2.75) is 69.8 Å². The smallest absolute Gasteiger partial charge is 0.255 e. The summed E-state index contributed by atoms with van der Waals surface area (Å²) in [6, 6.07) is 5.14.